The van der Waals surface area contributed by atoms with Gasteiger partial charge in [0.1, 0.15) is 5.78 Å². The molecular weight excluding hydrogens is 535 g/mol. The molecule has 1 saturated heterocycles. The van der Waals surface area contributed by atoms with Crippen molar-refractivity contribution in [2.75, 3.05) is 17.6 Å². The lowest BCUT2D eigenvalue weighted by Gasteiger charge is -2.62. The minimum absolute atomic E-state index is 0.244. The zero-order chi connectivity index (χ0) is 24.1. The fourth-order valence-corrected chi connectivity index (χ4v) is 11.2. The molecule has 4 saturated carbocycles. The van der Waals surface area contributed by atoms with Gasteiger partial charge in [0.15, 0.2) is 0 Å². The van der Waals surface area contributed by atoms with Crippen molar-refractivity contribution in [1.29, 1.82) is 0 Å². The lowest BCUT2D eigenvalue weighted by atomic mass is 9.42. The number of halogens is 1. The van der Waals surface area contributed by atoms with Crippen molar-refractivity contribution in [3.8, 4) is 0 Å². The number of rotatable bonds is 6. The van der Waals surface area contributed by atoms with Crippen LogP contribution in [0.15, 0.2) is 0 Å². The summed E-state index contributed by atoms with van der Waals surface area (Å²) < 4.78 is 13.6. The van der Waals surface area contributed by atoms with Gasteiger partial charge in [-0.15, -0.1) is 0 Å². The van der Waals surface area contributed by atoms with Crippen LogP contribution in [0.2, 0.25) is 0 Å². The first-order valence-electron chi connectivity index (χ1n) is 14.7. The minimum atomic E-state index is 0.244. The van der Waals surface area contributed by atoms with E-state index in [0.717, 1.165) is 50.7 Å². The Balaban J connectivity index is 1.37. The van der Waals surface area contributed by atoms with Crippen molar-refractivity contribution in [2.45, 2.75) is 111 Å². The normalized spacial score (nSPS) is 49.7. The number of carbonyl (C=O) groups excluding carboxylic acids is 1. The summed E-state index contributed by atoms with van der Waals surface area (Å²) in [6, 6.07) is 0. The topological polar surface area (TPSA) is 35.5 Å². The molecule has 0 spiro atoms. The molecule has 11 atom stereocenters. The zero-order valence-corrected chi connectivity index (χ0v) is 24.4. The van der Waals surface area contributed by atoms with Crippen LogP contribution in [-0.2, 0) is 14.3 Å². The third kappa shape index (κ3) is 4.25. The van der Waals surface area contributed by atoms with E-state index in [1.807, 2.05) is 0 Å². The number of ether oxygens (including phenoxy) is 2. The molecule has 3 nitrogen and oxygen atoms in total. The van der Waals surface area contributed by atoms with Gasteiger partial charge in [0.2, 0.25) is 0 Å². The SMILES string of the molecule is CC[C@H]1C(=O)[C@@H]2[C@H](CC[C@]3(C)[C@@H]([C@H](C)CCI)CC[C@@H]23)[C@@]2(C)CCC(O[C@@H]3CCCOC3)C[C@@H]12. The molecular formula is C30H49IO3. The van der Waals surface area contributed by atoms with Crippen molar-refractivity contribution in [1.82, 2.24) is 0 Å². The van der Waals surface area contributed by atoms with Crippen molar-refractivity contribution in [3.05, 3.63) is 0 Å². The van der Waals surface area contributed by atoms with E-state index in [4.69, 9.17) is 9.47 Å². The largest absolute Gasteiger partial charge is 0.379 e. The van der Waals surface area contributed by atoms with Crippen LogP contribution < -0.4 is 0 Å². The van der Waals surface area contributed by atoms with Crippen LogP contribution in [0.4, 0.5) is 0 Å². The third-order valence-electron chi connectivity index (χ3n) is 11.9. The predicted octanol–water partition coefficient (Wildman–Crippen LogP) is 7.49. The summed E-state index contributed by atoms with van der Waals surface area (Å²) in [5.74, 6) is 4.57. The quantitative estimate of drug-likeness (QED) is 0.240. The van der Waals surface area contributed by atoms with Gasteiger partial charge in [0, 0.05) is 18.4 Å². The maximum Gasteiger partial charge on any atom is 0.139 e. The molecule has 0 aromatic carbocycles. The van der Waals surface area contributed by atoms with Crippen molar-refractivity contribution in [2.24, 2.45) is 52.3 Å². The molecule has 5 fully saturated rings. The van der Waals surface area contributed by atoms with Gasteiger partial charge in [-0.25, -0.2) is 0 Å². The highest BCUT2D eigenvalue weighted by Crippen LogP contribution is 2.68. The lowest BCUT2D eigenvalue weighted by molar-refractivity contribution is -0.182. The Labute approximate surface area is 222 Å². The Morgan fingerprint density at radius 1 is 1.03 bits per heavy atom. The van der Waals surface area contributed by atoms with Gasteiger partial charge >= 0.3 is 0 Å². The molecule has 0 N–H and O–H groups in total. The summed E-state index contributed by atoms with van der Waals surface area (Å²) in [6.07, 6.45) is 14.0. The van der Waals surface area contributed by atoms with Gasteiger partial charge in [-0.1, -0.05) is 50.3 Å². The summed E-state index contributed by atoms with van der Waals surface area (Å²) in [7, 11) is 0. The van der Waals surface area contributed by atoms with Crippen LogP contribution in [0.5, 0.6) is 0 Å². The Bertz CT molecular complexity index is 735. The second kappa shape index (κ2) is 10.2. The van der Waals surface area contributed by atoms with Gasteiger partial charge in [-0.2, -0.15) is 0 Å². The van der Waals surface area contributed by atoms with Gasteiger partial charge in [0.25, 0.3) is 0 Å². The Morgan fingerprint density at radius 2 is 1.79 bits per heavy atom. The predicted molar refractivity (Wildman–Crippen MR) is 146 cm³/mol. The number of hydrogen-bond donors (Lipinski definition) is 0. The molecule has 4 heteroatoms. The van der Waals surface area contributed by atoms with E-state index in [-0.39, 0.29) is 12.0 Å². The van der Waals surface area contributed by atoms with E-state index < -0.39 is 0 Å². The number of Topliss-reactive ketones (excluding diaryl/α,β-unsaturated/α-hetero) is 1. The molecule has 5 aliphatic rings. The van der Waals surface area contributed by atoms with E-state index in [0.29, 0.717) is 46.4 Å². The van der Waals surface area contributed by atoms with E-state index >= 15 is 0 Å². The number of hydrogen-bond acceptors (Lipinski definition) is 3. The van der Waals surface area contributed by atoms with Crippen molar-refractivity contribution >= 4 is 28.4 Å². The number of ketones is 1. The summed E-state index contributed by atoms with van der Waals surface area (Å²) in [5.41, 5.74) is 0.695. The average molecular weight is 585 g/mol. The summed E-state index contributed by atoms with van der Waals surface area (Å²) in [6.45, 7) is 11.6. The van der Waals surface area contributed by atoms with Gasteiger partial charge in [0.05, 0.1) is 18.8 Å². The second-order valence-corrected chi connectivity index (χ2v) is 14.4. The van der Waals surface area contributed by atoms with Crippen LogP contribution in [0.3, 0.4) is 0 Å². The van der Waals surface area contributed by atoms with Crippen molar-refractivity contribution < 1.29 is 14.3 Å². The van der Waals surface area contributed by atoms with Gasteiger partial charge < -0.3 is 9.47 Å². The van der Waals surface area contributed by atoms with Crippen LogP contribution in [0, 0.1) is 52.3 Å². The molecule has 0 radical (unpaired) electrons. The highest BCUT2D eigenvalue weighted by atomic mass is 127. The molecule has 34 heavy (non-hydrogen) atoms. The van der Waals surface area contributed by atoms with E-state index in [1.165, 1.54) is 49.4 Å². The van der Waals surface area contributed by atoms with E-state index in [9.17, 15) is 4.79 Å². The molecule has 4 aliphatic carbocycles. The van der Waals surface area contributed by atoms with Gasteiger partial charge in [-0.3, -0.25) is 4.79 Å². The monoisotopic (exact) mass is 584 g/mol. The first-order valence-corrected chi connectivity index (χ1v) is 16.2. The van der Waals surface area contributed by atoms with Crippen LogP contribution in [0.25, 0.3) is 0 Å². The molecule has 1 unspecified atom stereocenters. The number of carbonyl (C=O) groups is 1. The number of alkyl halides is 1. The maximum atomic E-state index is 14.3. The van der Waals surface area contributed by atoms with Crippen LogP contribution in [-0.4, -0.2) is 35.6 Å². The van der Waals surface area contributed by atoms with Crippen LogP contribution >= 0.6 is 22.6 Å². The Morgan fingerprint density at radius 3 is 2.50 bits per heavy atom. The molecule has 194 valence electrons. The van der Waals surface area contributed by atoms with E-state index in [2.05, 4.69) is 50.3 Å². The smallest absolute Gasteiger partial charge is 0.139 e. The fourth-order valence-electron chi connectivity index (χ4n) is 10.2. The molecule has 5 rings (SSSR count). The summed E-state index contributed by atoms with van der Waals surface area (Å²) >= 11 is 2.55. The van der Waals surface area contributed by atoms with Crippen molar-refractivity contribution in [3.63, 3.8) is 0 Å². The Kier molecular flexibility index (Phi) is 7.81. The molecule has 0 amide bonds. The lowest BCUT2D eigenvalue weighted by Crippen LogP contribution is -2.61. The molecule has 1 heterocycles. The number of fused-ring (bicyclic) bond motifs is 5. The highest BCUT2D eigenvalue weighted by molar-refractivity contribution is 14.1. The molecule has 0 bridgehead atoms. The molecule has 0 aromatic heterocycles. The highest BCUT2D eigenvalue weighted by Gasteiger charge is 2.65. The van der Waals surface area contributed by atoms with Crippen LogP contribution in [0.1, 0.15) is 98.3 Å². The van der Waals surface area contributed by atoms with E-state index in [1.54, 1.807) is 0 Å². The molecule has 0 aromatic rings. The standard InChI is InChI=1S/C30H49IO3/c1-5-22-26-17-20(34-21-7-6-16-33-18-21)10-13-30(26,4)25-11-14-29(3)23(19(2)12-15-31)8-9-24(29)27(25)28(22)32/h19-27H,5-18H2,1-4H3/t19-,20?,21-,22-,23-,24+,25+,26+,27+,29-,30-/m1/s1. The first-order chi connectivity index (χ1) is 16.3. The third-order valence-corrected chi connectivity index (χ3v) is 12.6. The Hall–Kier alpha value is 0.320. The maximum absolute atomic E-state index is 14.3. The molecule has 1 aliphatic heterocycles. The van der Waals surface area contributed by atoms with Gasteiger partial charge in [-0.05, 0) is 115 Å². The fraction of sp³-hybridized carbons (Fsp3) is 0.967. The summed E-state index contributed by atoms with van der Waals surface area (Å²) in [5, 5.41) is 0. The minimum Gasteiger partial charge on any atom is -0.379 e. The summed E-state index contributed by atoms with van der Waals surface area (Å²) in [4.78, 5) is 14.3. The second-order valence-electron chi connectivity index (χ2n) is 13.3. The zero-order valence-electron chi connectivity index (χ0n) is 22.2. The first kappa shape index (κ1) is 25.9. The average Bonchev–Trinajstić information content (AvgIpc) is 3.18.